The van der Waals surface area contributed by atoms with Gasteiger partial charge in [0, 0.05) is 13.2 Å². The van der Waals surface area contributed by atoms with Gasteiger partial charge in [-0.1, -0.05) is 90.2 Å². The van der Waals surface area contributed by atoms with Crippen LogP contribution in [-0.4, -0.2) is 21.8 Å². The Kier molecular flexibility index (Phi) is 19.5. The van der Waals surface area contributed by atoms with E-state index in [0.717, 1.165) is 26.1 Å². The van der Waals surface area contributed by atoms with Crippen molar-refractivity contribution in [2.24, 2.45) is 0 Å². The summed E-state index contributed by atoms with van der Waals surface area (Å²) < 4.78 is 12.1. The fourth-order valence-electron chi connectivity index (χ4n) is 3.04. The molecule has 0 amide bonds. The highest BCUT2D eigenvalue weighted by Gasteiger charge is 2.23. The molecule has 0 unspecified atom stereocenters. The van der Waals surface area contributed by atoms with E-state index in [9.17, 15) is 0 Å². The van der Waals surface area contributed by atoms with E-state index in [1.807, 2.05) is 0 Å². The van der Waals surface area contributed by atoms with Crippen molar-refractivity contribution >= 4 is 8.56 Å². The molecule has 0 bridgehead atoms. The Balaban J connectivity index is 3.39. The smallest absolute Gasteiger partial charge is 0.331 e. The first-order valence-corrected chi connectivity index (χ1v) is 14.4. The monoisotopic (exact) mass is 384 g/mol. The lowest BCUT2D eigenvalue weighted by Crippen LogP contribution is -2.35. The predicted molar refractivity (Wildman–Crippen MR) is 119 cm³/mol. The van der Waals surface area contributed by atoms with Gasteiger partial charge in [-0.3, -0.25) is 0 Å². The van der Waals surface area contributed by atoms with Crippen molar-refractivity contribution in [2.45, 2.75) is 123 Å². The molecule has 3 heteroatoms. The largest absolute Gasteiger partial charge is 0.395 e. The molecule has 0 rings (SSSR count). The van der Waals surface area contributed by atoms with Gasteiger partial charge < -0.3 is 8.85 Å². The van der Waals surface area contributed by atoms with Gasteiger partial charge >= 0.3 is 8.56 Å². The third-order valence-electron chi connectivity index (χ3n) is 4.80. The molecule has 0 aliphatic rings. The highest BCUT2D eigenvalue weighted by Crippen LogP contribution is 2.12. The van der Waals surface area contributed by atoms with E-state index in [1.165, 1.54) is 83.5 Å². The Labute approximate surface area is 166 Å². The van der Waals surface area contributed by atoms with Gasteiger partial charge in [-0.25, -0.2) is 0 Å². The Morgan fingerprint density at radius 1 is 0.538 bits per heavy atom. The Hall–Kier alpha value is -0.123. The van der Waals surface area contributed by atoms with E-state index in [4.69, 9.17) is 8.85 Å². The van der Waals surface area contributed by atoms with Crippen LogP contribution in [0.2, 0.25) is 13.1 Å². The van der Waals surface area contributed by atoms with Crippen LogP contribution >= 0.6 is 0 Å². The first-order valence-electron chi connectivity index (χ1n) is 11.5. The van der Waals surface area contributed by atoms with E-state index in [2.05, 4.69) is 39.1 Å². The van der Waals surface area contributed by atoms with Crippen LogP contribution in [0.25, 0.3) is 0 Å². The van der Waals surface area contributed by atoms with Crippen LogP contribution < -0.4 is 0 Å². The summed E-state index contributed by atoms with van der Waals surface area (Å²) in [4.78, 5) is 0. The van der Waals surface area contributed by atoms with Crippen molar-refractivity contribution in [2.75, 3.05) is 13.2 Å². The molecule has 0 aliphatic heterocycles. The molecule has 0 saturated carbocycles. The van der Waals surface area contributed by atoms with Crippen molar-refractivity contribution in [3.8, 4) is 0 Å². The summed E-state index contributed by atoms with van der Waals surface area (Å²) in [5.74, 6) is 0. The lowest BCUT2D eigenvalue weighted by atomic mass is 10.1. The van der Waals surface area contributed by atoms with Gasteiger partial charge in [-0.15, -0.1) is 0 Å². The Morgan fingerprint density at radius 2 is 0.962 bits per heavy atom. The quantitative estimate of drug-likeness (QED) is 0.120. The second-order valence-electron chi connectivity index (χ2n) is 8.03. The minimum atomic E-state index is -1.90. The zero-order valence-corrected chi connectivity index (χ0v) is 19.5. The van der Waals surface area contributed by atoms with Crippen LogP contribution in [-0.2, 0) is 8.85 Å². The highest BCUT2D eigenvalue weighted by molar-refractivity contribution is 6.64. The van der Waals surface area contributed by atoms with Gasteiger partial charge in [0.15, 0.2) is 0 Å². The average molecular weight is 385 g/mol. The molecule has 2 nitrogen and oxygen atoms in total. The molecule has 0 atom stereocenters. The summed E-state index contributed by atoms with van der Waals surface area (Å²) in [6.07, 6.45) is 24.4. The maximum atomic E-state index is 6.06. The SMILES string of the molecule is CCCCC/C=C/CCCO[Si](C)(C)OCCCCCCCCCCC. The van der Waals surface area contributed by atoms with Crippen LogP contribution in [0, 0.1) is 0 Å². The standard InChI is InChI=1S/C23H48O2Si/c1-5-7-9-11-13-15-17-19-21-23-25-26(3,4)24-22-20-18-16-14-12-10-8-6-2/h14,16H,5-13,15,17-23H2,1-4H3/b16-14+. The first-order chi connectivity index (χ1) is 12.6. The van der Waals surface area contributed by atoms with E-state index in [1.54, 1.807) is 0 Å². The van der Waals surface area contributed by atoms with Crippen molar-refractivity contribution in [3.63, 3.8) is 0 Å². The zero-order chi connectivity index (χ0) is 19.3. The van der Waals surface area contributed by atoms with E-state index < -0.39 is 8.56 Å². The van der Waals surface area contributed by atoms with Gasteiger partial charge in [0.05, 0.1) is 0 Å². The maximum absolute atomic E-state index is 6.06. The normalized spacial score (nSPS) is 12.3. The third-order valence-corrected chi connectivity index (χ3v) is 6.60. The second kappa shape index (κ2) is 19.6. The van der Waals surface area contributed by atoms with Crippen molar-refractivity contribution < 1.29 is 8.85 Å². The molecule has 0 N–H and O–H groups in total. The fraction of sp³-hybridized carbons (Fsp3) is 0.913. The molecule has 0 aromatic carbocycles. The highest BCUT2D eigenvalue weighted by atomic mass is 28.4. The number of hydrogen-bond donors (Lipinski definition) is 0. The lowest BCUT2D eigenvalue weighted by molar-refractivity contribution is 0.174. The Bertz CT molecular complexity index is 303. The molecule has 0 aromatic rings. The number of rotatable bonds is 20. The molecule has 156 valence electrons. The lowest BCUT2D eigenvalue weighted by Gasteiger charge is -2.22. The third kappa shape index (κ3) is 20.2. The van der Waals surface area contributed by atoms with Crippen LogP contribution in [0.4, 0.5) is 0 Å². The van der Waals surface area contributed by atoms with Crippen molar-refractivity contribution in [1.82, 2.24) is 0 Å². The minimum absolute atomic E-state index is 0.844. The van der Waals surface area contributed by atoms with Gasteiger partial charge in [-0.2, -0.15) is 0 Å². The summed E-state index contributed by atoms with van der Waals surface area (Å²) >= 11 is 0. The molecular formula is C23H48O2Si. The van der Waals surface area contributed by atoms with E-state index >= 15 is 0 Å². The van der Waals surface area contributed by atoms with Gasteiger partial charge in [0.25, 0.3) is 0 Å². The molecule has 0 heterocycles. The molecule has 0 fully saturated rings. The topological polar surface area (TPSA) is 18.5 Å². The van der Waals surface area contributed by atoms with Crippen LogP contribution in [0.3, 0.4) is 0 Å². The van der Waals surface area contributed by atoms with Gasteiger partial charge in [0.2, 0.25) is 0 Å². The number of unbranched alkanes of at least 4 members (excludes halogenated alkanes) is 12. The van der Waals surface area contributed by atoms with Gasteiger partial charge in [0.1, 0.15) is 0 Å². The second-order valence-corrected chi connectivity index (χ2v) is 11.4. The molecule has 0 aromatic heterocycles. The number of hydrogen-bond acceptors (Lipinski definition) is 2. The van der Waals surface area contributed by atoms with Crippen molar-refractivity contribution in [1.29, 1.82) is 0 Å². The van der Waals surface area contributed by atoms with E-state index in [-0.39, 0.29) is 0 Å². The predicted octanol–water partition coefficient (Wildman–Crippen LogP) is 8.17. The van der Waals surface area contributed by atoms with E-state index in [0.29, 0.717) is 0 Å². The Morgan fingerprint density at radius 3 is 1.54 bits per heavy atom. The summed E-state index contributed by atoms with van der Waals surface area (Å²) in [5, 5.41) is 0. The van der Waals surface area contributed by atoms with Gasteiger partial charge in [-0.05, 0) is 45.2 Å². The molecule has 0 saturated heterocycles. The molecule has 0 radical (unpaired) electrons. The molecule has 0 aliphatic carbocycles. The molecule has 0 spiro atoms. The molecular weight excluding hydrogens is 336 g/mol. The van der Waals surface area contributed by atoms with Crippen LogP contribution in [0.15, 0.2) is 12.2 Å². The first kappa shape index (κ1) is 25.9. The fourth-order valence-corrected chi connectivity index (χ4v) is 4.39. The average Bonchev–Trinajstić information content (AvgIpc) is 2.62. The molecule has 26 heavy (non-hydrogen) atoms. The maximum Gasteiger partial charge on any atom is 0.331 e. The van der Waals surface area contributed by atoms with Crippen LogP contribution in [0.1, 0.15) is 110 Å². The summed E-state index contributed by atoms with van der Waals surface area (Å²) in [6, 6.07) is 0. The van der Waals surface area contributed by atoms with Crippen LogP contribution in [0.5, 0.6) is 0 Å². The summed E-state index contributed by atoms with van der Waals surface area (Å²) in [5.41, 5.74) is 0. The summed E-state index contributed by atoms with van der Waals surface area (Å²) in [6.45, 7) is 10.6. The summed E-state index contributed by atoms with van der Waals surface area (Å²) in [7, 11) is -1.90. The number of allylic oxidation sites excluding steroid dienone is 2. The zero-order valence-electron chi connectivity index (χ0n) is 18.5. The van der Waals surface area contributed by atoms with Crippen molar-refractivity contribution in [3.05, 3.63) is 12.2 Å². The minimum Gasteiger partial charge on any atom is -0.395 e.